The van der Waals surface area contributed by atoms with Crippen LogP contribution >= 0.6 is 0 Å². The molecule has 3 rings (SSSR count). The molecule has 1 heterocycles. The van der Waals surface area contributed by atoms with Crippen LogP contribution in [0.3, 0.4) is 0 Å². The summed E-state index contributed by atoms with van der Waals surface area (Å²) in [5, 5.41) is 29.3. The predicted molar refractivity (Wildman–Crippen MR) is 76.5 cm³/mol. The van der Waals surface area contributed by atoms with E-state index in [0.29, 0.717) is 5.56 Å². The van der Waals surface area contributed by atoms with Gasteiger partial charge in [0.05, 0.1) is 12.7 Å². The Bertz CT molecular complexity index is 739. The Kier molecular flexibility index (Phi) is 3.38. The quantitative estimate of drug-likeness (QED) is 0.782. The van der Waals surface area contributed by atoms with Crippen LogP contribution in [0.4, 0.5) is 0 Å². The van der Waals surface area contributed by atoms with Gasteiger partial charge in [0, 0.05) is 6.07 Å². The van der Waals surface area contributed by atoms with Crippen molar-refractivity contribution in [1.82, 2.24) is 0 Å². The van der Waals surface area contributed by atoms with E-state index in [1.165, 1.54) is 43.5 Å². The SMILES string of the molecule is COc1cc([C@H]2Oc3cc(O)ccc3C(=O)[C@@H]2O)ccc1O. The average molecular weight is 302 g/mol. The Morgan fingerprint density at radius 1 is 1.14 bits per heavy atom. The fourth-order valence-electron chi connectivity index (χ4n) is 2.43. The van der Waals surface area contributed by atoms with Gasteiger partial charge in [-0.1, -0.05) is 6.07 Å². The van der Waals surface area contributed by atoms with Gasteiger partial charge < -0.3 is 24.8 Å². The van der Waals surface area contributed by atoms with Crippen LogP contribution in [0.25, 0.3) is 0 Å². The molecule has 6 nitrogen and oxygen atoms in total. The molecule has 2 aromatic carbocycles. The van der Waals surface area contributed by atoms with E-state index in [-0.39, 0.29) is 28.6 Å². The number of ether oxygens (including phenoxy) is 2. The lowest BCUT2D eigenvalue weighted by molar-refractivity contribution is 0.0215. The highest BCUT2D eigenvalue weighted by molar-refractivity contribution is 6.03. The molecule has 0 radical (unpaired) electrons. The number of carbonyl (C=O) groups is 1. The summed E-state index contributed by atoms with van der Waals surface area (Å²) in [5.74, 6) is -0.168. The van der Waals surface area contributed by atoms with Crippen molar-refractivity contribution >= 4 is 5.78 Å². The van der Waals surface area contributed by atoms with E-state index in [0.717, 1.165) is 0 Å². The van der Waals surface area contributed by atoms with Crippen molar-refractivity contribution < 1.29 is 29.6 Å². The van der Waals surface area contributed by atoms with Crippen LogP contribution in [-0.2, 0) is 0 Å². The van der Waals surface area contributed by atoms with Crippen molar-refractivity contribution in [3.63, 3.8) is 0 Å². The Hall–Kier alpha value is -2.73. The fourth-order valence-corrected chi connectivity index (χ4v) is 2.43. The highest BCUT2D eigenvalue weighted by Gasteiger charge is 2.37. The molecule has 0 aliphatic carbocycles. The number of fused-ring (bicyclic) bond motifs is 1. The van der Waals surface area contributed by atoms with Gasteiger partial charge in [0.25, 0.3) is 0 Å². The number of hydrogen-bond acceptors (Lipinski definition) is 6. The second-order valence-corrected chi connectivity index (χ2v) is 4.96. The van der Waals surface area contributed by atoms with Crippen molar-refractivity contribution in [3.8, 4) is 23.0 Å². The van der Waals surface area contributed by atoms with Gasteiger partial charge >= 0.3 is 0 Å². The zero-order chi connectivity index (χ0) is 15.9. The van der Waals surface area contributed by atoms with Crippen molar-refractivity contribution in [2.24, 2.45) is 0 Å². The number of aliphatic hydroxyl groups excluding tert-OH is 1. The van der Waals surface area contributed by atoms with Gasteiger partial charge in [0.2, 0.25) is 0 Å². The molecule has 0 spiro atoms. The van der Waals surface area contributed by atoms with Gasteiger partial charge in [-0.25, -0.2) is 0 Å². The fraction of sp³-hybridized carbons (Fsp3) is 0.188. The molecule has 1 aliphatic rings. The van der Waals surface area contributed by atoms with Gasteiger partial charge in [-0.3, -0.25) is 4.79 Å². The van der Waals surface area contributed by atoms with Crippen LogP contribution in [0.2, 0.25) is 0 Å². The maximum absolute atomic E-state index is 12.2. The van der Waals surface area contributed by atoms with Gasteiger partial charge in [-0.05, 0) is 29.8 Å². The molecule has 0 fully saturated rings. The molecular formula is C16H14O6. The lowest BCUT2D eigenvalue weighted by atomic mass is 9.93. The molecule has 114 valence electrons. The first-order valence-corrected chi connectivity index (χ1v) is 6.60. The minimum atomic E-state index is -1.38. The number of aromatic hydroxyl groups is 2. The maximum atomic E-state index is 12.2. The number of aliphatic hydroxyl groups is 1. The summed E-state index contributed by atoms with van der Waals surface area (Å²) in [7, 11) is 1.40. The second-order valence-electron chi connectivity index (χ2n) is 4.96. The number of carbonyl (C=O) groups excluding carboxylic acids is 1. The smallest absolute Gasteiger partial charge is 0.199 e. The Morgan fingerprint density at radius 2 is 1.91 bits per heavy atom. The van der Waals surface area contributed by atoms with Crippen molar-refractivity contribution in [3.05, 3.63) is 47.5 Å². The van der Waals surface area contributed by atoms with Gasteiger partial charge in [0.15, 0.2) is 29.5 Å². The second kappa shape index (κ2) is 5.23. The number of benzene rings is 2. The van der Waals surface area contributed by atoms with E-state index in [4.69, 9.17) is 9.47 Å². The summed E-state index contributed by atoms with van der Waals surface area (Å²) in [6, 6.07) is 8.51. The van der Waals surface area contributed by atoms with Gasteiger partial charge in [-0.2, -0.15) is 0 Å². The van der Waals surface area contributed by atoms with Crippen molar-refractivity contribution in [1.29, 1.82) is 0 Å². The highest BCUT2D eigenvalue weighted by atomic mass is 16.5. The zero-order valence-electron chi connectivity index (χ0n) is 11.7. The number of Topliss-reactive ketones (excluding diaryl/α,β-unsaturated/α-hetero) is 1. The topological polar surface area (TPSA) is 96.2 Å². The third-order valence-corrected chi connectivity index (χ3v) is 3.57. The minimum Gasteiger partial charge on any atom is -0.508 e. The Balaban J connectivity index is 2.04. The summed E-state index contributed by atoms with van der Waals surface area (Å²) in [5.41, 5.74) is 0.691. The van der Waals surface area contributed by atoms with Crippen LogP contribution in [0.15, 0.2) is 36.4 Å². The van der Waals surface area contributed by atoms with Gasteiger partial charge in [-0.15, -0.1) is 0 Å². The summed E-state index contributed by atoms with van der Waals surface area (Å²) in [6.45, 7) is 0. The zero-order valence-corrected chi connectivity index (χ0v) is 11.7. The van der Waals surface area contributed by atoms with Crippen molar-refractivity contribution in [2.75, 3.05) is 7.11 Å². The Morgan fingerprint density at radius 3 is 2.64 bits per heavy atom. The van der Waals surface area contributed by atoms with E-state index < -0.39 is 18.0 Å². The number of methoxy groups -OCH3 is 1. The summed E-state index contributed by atoms with van der Waals surface area (Å²) in [4.78, 5) is 12.2. The summed E-state index contributed by atoms with van der Waals surface area (Å²) < 4.78 is 10.7. The lowest BCUT2D eigenvalue weighted by Crippen LogP contribution is -2.36. The van der Waals surface area contributed by atoms with Crippen LogP contribution < -0.4 is 9.47 Å². The van der Waals surface area contributed by atoms with E-state index in [9.17, 15) is 20.1 Å². The minimum absolute atomic E-state index is 0.0371. The molecule has 22 heavy (non-hydrogen) atoms. The third-order valence-electron chi connectivity index (χ3n) is 3.57. The lowest BCUT2D eigenvalue weighted by Gasteiger charge is -2.30. The Labute approximate surface area is 126 Å². The normalized spacial score (nSPS) is 20.2. The molecule has 0 saturated carbocycles. The molecular weight excluding hydrogens is 288 g/mol. The first kappa shape index (κ1) is 14.2. The molecule has 2 aromatic rings. The summed E-state index contributed by atoms with van der Waals surface area (Å²) in [6.07, 6.45) is -2.33. The van der Waals surface area contributed by atoms with E-state index in [1.54, 1.807) is 0 Å². The summed E-state index contributed by atoms with van der Waals surface area (Å²) >= 11 is 0. The van der Waals surface area contributed by atoms with Crippen LogP contribution in [-0.4, -0.2) is 34.3 Å². The monoisotopic (exact) mass is 302 g/mol. The highest BCUT2D eigenvalue weighted by Crippen LogP contribution is 2.39. The molecule has 0 saturated heterocycles. The molecule has 0 unspecified atom stereocenters. The molecule has 0 amide bonds. The van der Waals surface area contributed by atoms with E-state index in [1.807, 2.05) is 0 Å². The number of phenolic OH excluding ortho intramolecular Hbond substituents is 2. The molecule has 0 bridgehead atoms. The number of phenols is 2. The third kappa shape index (κ3) is 2.23. The van der Waals surface area contributed by atoms with Crippen LogP contribution in [0, 0.1) is 0 Å². The largest absolute Gasteiger partial charge is 0.508 e. The predicted octanol–water partition coefficient (Wildman–Crippen LogP) is 1.78. The molecule has 3 N–H and O–H groups in total. The molecule has 0 aromatic heterocycles. The van der Waals surface area contributed by atoms with E-state index in [2.05, 4.69) is 0 Å². The van der Waals surface area contributed by atoms with Crippen LogP contribution in [0.5, 0.6) is 23.0 Å². The average Bonchev–Trinajstić information content (AvgIpc) is 2.51. The first-order chi connectivity index (χ1) is 10.5. The van der Waals surface area contributed by atoms with Gasteiger partial charge in [0.1, 0.15) is 11.5 Å². The molecule has 6 heteroatoms. The molecule has 1 aliphatic heterocycles. The van der Waals surface area contributed by atoms with Crippen molar-refractivity contribution in [2.45, 2.75) is 12.2 Å². The number of ketones is 1. The maximum Gasteiger partial charge on any atom is 0.199 e. The number of hydrogen-bond donors (Lipinski definition) is 3. The number of rotatable bonds is 2. The van der Waals surface area contributed by atoms with Crippen LogP contribution in [0.1, 0.15) is 22.0 Å². The van der Waals surface area contributed by atoms with E-state index >= 15 is 0 Å². The molecule has 2 atom stereocenters. The first-order valence-electron chi connectivity index (χ1n) is 6.60. The standard InChI is InChI=1S/C16H14O6/c1-21-13-6-8(2-5-11(13)18)16-15(20)14(19)10-4-3-9(17)7-12(10)22-16/h2-7,15-18,20H,1H3/t15-,16+/m0/s1.